The average molecular weight is 269 g/mol. The van der Waals surface area contributed by atoms with Crippen molar-refractivity contribution >= 4 is 6.09 Å². The molecule has 1 aliphatic rings. The van der Waals surface area contributed by atoms with Crippen molar-refractivity contribution in [1.82, 2.24) is 5.32 Å². The second kappa shape index (κ2) is 11.1. The predicted octanol–water partition coefficient (Wildman–Crippen LogP) is 4.80. The second-order valence-corrected chi connectivity index (χ2v) is 5.76. The van der Waals surface area contributed by atoms with E-state index < -0.39 is 0 Å². The van der Waals surface area contributed by atoms with E-state index >= 15 is 0 Å². The zero-order chi connectivity index (χ0) is 13.8. The van der Waals surface area contributed by atoms with Crippen molar-refractivity contribution < 1.29 is 9.53 Å². The molecule has 0 radical (unpaired) electrons. The van der Waals surface area contributed by atoms with Crippen molar-refractivity contribution in [3.8, 4) is 0 Å². The Kier molecular flexibility index (Phi) is 9.56. The first-order chi connectivity index (χ1) is 9.33. The van der Waals surface area contributed by atoms with Gasteiger partial charge in [-0.05, 0) is 6.42 Å². The normalized spacial score (nSPS) is 18.4. The molecule has 0 aromatic heterocycles. The van der Waals surface area contributed by atoms with Gasteiger partial charge in [-0.3, -0.25) is 0 Å². The number of nitrogens with one attached hydrogen (secondary N) is 1. The van der Waals surface area contributed by atoms with E-state index in [1.807, 2.05) is 0 Å². The summed E-state index contributed by atoms with van der Waals surface area (Å²) < 4.78 is 4.87. The third-order valence-electron chi connectivity index (χ3n) is 3.89. The van der Waals surface area contributed by atoms with Crippen molar-refractivity contribution in [3.05, 3.63) is 0 Å². The van der Waals surface area contributed by atoms with Crippen molar-refractivity contribution in [3.63, 3.8) is 0 Å². The Morgan fingerprint density at radius 1 is 0.947 bits per heavy atom. The number of unbranched alkanes of at least 4 members (excludes halogenated alkanes) is 10. The molecule has 3 nitrogen and oxygen atoms in total. The van der Waals surface area contributed by atoms with Crippen LogP contribution in [0.3, 0.4) is 0 Å². The number of carbonyl (C=O) groups is 1. The number of ether oxygens (including phenoxy) is 1. The molecule has 0 saturated carbocycles. The predicted molar refractivity (Wildman–Crippen MR) is 79.3 cm³/mol. The molecule has 0 aromatic carbocycles. The van der Waals surface area contributed by atoms with Crippen LogP contribution in [0.5, 0.6) is 0 Å². The third kappa shape index (κ3) is 8.90. The lowest BCUT2D eigenvalue weighted by molar-refractivity contribution is 0.176. The first kappa shape index (κ1) is 16.3. The van der Waals surface area contributed by atoms with E-state index in [1.165, 1.54) is 70.6 Å². The minimum atomic E-state index is -0.243. The van der Waals surface area contributed by atoms with E-state index in [0.717, 1.165) is 6.42 Å². The number of amides is 1. The molecule has 3 heteroatoms. The smallest absolute Gasteiger partial charge is 0.407 e. The Morgan fingerprint density at radius 2 is 1.47 bits per heavy atom. The highest BCUT2D eigenvalue weighted by atomic mass is 16.6. The van der Waals surface area contributed by atoms with E-state index in [9.17, 15) is 4.79 Å². The molecule has 0 bridgehead atoms. The molecule has 1 heterocycles. The Bertz CT molecular complexity index is 231. The molecule has 1 N–H and O–H groups in total. The van der Waals surface area contributed by atoms with Crippen LogP contribution in [0.25, 0.3) is 0 Å². The van der Waals surface area contributed by atoms with Gasteiger partial charge in [0.1, 0.15) is 6.61 Å². The highest BCUT2D eigenvalue weighted by Crippen LogP contribution is 2.13. The summed E-state index contributed by atoms with van der Waals surface area (Å²) in [5, 5.41) is 2.83. The van der Waals surface area contributed by atoms with E-state index in [-0.39, 0.29) is 12.1 Å². The maximum atomic E-state index is 10.8. The molecule has 1 amide bonds. The maximum absolute atomic E-state index is 10.8. The van der Waals surface area contributed by atoms with Crippen molar-refractivity contribution in [1.29, 1.82) is 0 Å². The lowest BCUT2D eigenvalue weighted by Crippen LogP contribution is -2.25. The zero-order valence-corrected chi connectivity index (χ0v) is 12.6. The van der Waals surface area contributed by atoms with Crippen LogP contribution in [-0.4, -0.2) is 18.7 Å². The summed E-state index contributed by atoms with van der Waals surface area (Å²) in [5.74, 6) is 0. The fraction of sp³-hybridized carbons (Fsp3) is 0.938. The van der Waals surface area contributed by atoms with E-state index in [4.69, 9.17) is 4.74 Å². The minimum Gasteiger partial charge on any atom is -0.447 e. The van der Waals surface area contributed by atoms with Gasteiger partial charge < -0.3 is 10.1 Å². The number of rotatable bonds is 12. The summed E-state index contributed by atoms with van der Waals surface area (Å²) in [4.78, 5) is 10.8. The summed E-state index contributed by atoms with van der Waals surface area (Å²) in [6.07, 6.45) is 15.9. The van der Waals surface area contributed by atoms with Gasteiger partial charge in [0, 0.05) is 0 Å². The van der Waals surface area contributed by atoms with Gasteiger partial charge in [-0.15, -0.1) is 0 Å². The summed E-state index contributed by atoms with van der Waals surface area (Å²) in [5.41, 5.74) is 0. The molecular weight excluding hydrogens is 238 g/mol. The maximum Gasteiger partial charge on any atom is 0.407 e. The molecule has 1 aliphatic heterocycles. The molecular formula is C16H31NO2. The Morgan fingerprint density at radius 3 is 1.95 bits per heavy atom. The van der Waals surface area contributed by atoms with E-state index in [0.29, 0.717) is 6.61 Å². The van der Waals surface area contributed by atoms with E-state index in [1.54, 1.807) is 0 Å². The van der Waals surface area contributed by atoms with Crippen LogP contribution in [0, 0.1) is 0 Å². The molecule has 1 rings (SSSR count). The molecule has 1 saturated heterocycles. The molecule has 0 unspecified atom stereocenters. The third-order valence-corrected chi connectivity index (χ3v) is 3.89. The summed E-state index contributed by atoms with van der Waals surface area (Å²) in [6.45, 7) is 2.83. The van der Waals surface area contributed by atoms with Crippen LogP contribution in [0.4, 0.5) is 4.79 Å². The Hall–Kier alpha value is -0.730. The van der Waals surface area contributed by atoms with Crippen LogP contribution in [0.2, 0.25) is 0 Å². The summed E-state index contributed by atoms with van der Waals surface area (Å²) in [6, 6.07) is 0.270. The number of alkyl carbamates (subject to hydrolysis) is 1. The quantitative estimate of drug-likeness (QED) is 0.517. The van der Waals surface area contributed by atoms with Gasteiger partial charge in [0.15, 0.2) is 0 Å². The molecule has 0 spiro atoms. The molecule has 1 fully saturated rings. The Labute approximate surface area is 118 Å². The molecule has 0 aromatic rings. The lowest BCUT2D eigenvalue weighted by atomic mass is 10.0. The highest BCUT2D eigenvalue weighted by molar-refractivity contribution is 5.69. The van der Waals surface area contributed by atoms with Gasteiger partial charge in [-0.2, -0.15) is 0 Å². The van der Waals surface area contributed by atoms with Crippen molar-refractivity contribution in [2.45, 2.75) is 90.0 Å². The van der Waals surface area contributed by atoms with Crippen LogP contribution in [-0.2, 0) is 4.74 Å². The standard InChI is InChI=1S/C16H31NO2/c1-2-3-4-5-6-7-8-9-10-11-12-13-15-14-19-16(18)17-15/h15H,2-14H2,1H3,(H,17,18)/t15-/m1/s1. The molecule has 19 heavy (non-hydrogen) atoms. The van der Waals surface area contributed by atoms with Gasteiger partial charge in [0.05, 0.1) is 6.04 Å². The van der Waals surface area contributed by atoms with Gasteiger partial charge in [0.2, 0.25) is 0 Å². The van der Waals surface area contributed by atoms with Crippen LogP contribution < -0.4 is 5.32 Å². The van der Waals surface area contributed by atoms with Gasteiger partial charge in [0.25, 0.3) is 0 Å². The first-order valence-electron chi connectivity index (χ1n) is 8.26. The molecule has 0 aliphatic carbocycles. The summed E-state index contributed by atoms with van der Waals surface area (Å²) >= 11 is 0. The number of carbonyl (C=O) groups excluding carboxylic acids is 1. The number of cyclic esters (lactones) is 1. The number of hydrogen-bond donors (Lipinski definition) is 1. The SMILES string of the molecule is CCCCCCCCCCCCC[C@@H]1COC(=O)N1. The fourth-order valence-corrected chi connectivity index (χ4v) is 2.64. The topological polar surface area (TPSA) is 38.3 Å². The zero-order valence-electron chi connectivity index (χ0n) is 12.6. The Balaban J connectivity index is 1.73. The van der Waals surface area contributed by atoms with Crippen LogP contribution in [0.15, 0.2) is 0 Å². The summed E-state index contributed by atoms with van der Waals surface area (Å²) in [7, 11) is 0. The monoisotopic (exact) mass is 269 g/mol. The minimum absolute atomic E-state index is 0.243. The average Bonchev–Trinajstić information content (AvgIpc) is 2.82. The second-order valence-electron chi connectivity index (χ2n) is 5.76. The fourth-order valence-electron chi connectivity index (χ4n) is 2.64. The largest absolute Gasteiger partial charge is 0.447 e. The lowest BCUT2D eigenvalue weighted by Gasteiger charge is -2.06. The van der Waals surface area contributed by atoms with E-state index in [2.05, 4.69) is 12.2 Å². The van der Waals surface area contributed by atoms with Gasteiger partial charge in [-0.25, -0.2) is 4.79 Å². The van der Waals surface area contributed by atoms with Crippen LogP contribution >= 0.6 is 0 Å². The number of hydrogen-bond acceptors (Lipinski definition) is 2. The molecule has 1 atom stereocenters. The van der Waals surface area contributed by atoms with Crippen LogP contribution in [0.1, 0.15) is 84.0 Å². The van der Waals surface area contributed by atoms with Crippen molar-refractivity contribution in [2.75, 3.05) is 6.61 Å². The first-order valence-corrected chi connectivity index (χ1v) is 8.26. The van der Waals surface area contributed by atoms with Crippen molar-refractivity contribution in [2.24, 2.45) is 0 Å². The van der Waals surface area contributed by atoms with Gasteiger partial charge in [-0.1, -0.05) is 77.6 Å². The van der Waals surface area contributed by atoms with Gasteiger partial charge >= 0.3 is 6.09 Å². The molecule has 112 valence electrons. The highest BCUT2D eigenvalue weighted by Gasteiger charge is 2.20.